The van der Waals surface area contributed by atoms with Crippen molar-refractivity contribution in [3.8, 4) is 11.3 Å². The first kappa shape index (κ1) is 18.0. The molecule has 0 aliphatic carbocycles. The second kappa shape index (κ2) is 8.12. The minimum absolute atomic E-state index is 0.810. The molecular weight excluding hydrogens is 354 g/mol. The molecule has 0 unspecified atom stereocenters. The molecule has 1 N–H and O–H groups in total. The molecular formula is C26H27N3. The van der Waals surface area contributed by atoms with Gasteiger partial charge in [0.2, 0.25) is 0 Å². The van der Waals surface area contributed by atoms with E-state index in [0.29, 0.717) is 0 Å². The molecule has 29 heavy (non-hydrogen) atoms. The number of rotatable bonds is 5. The van der Waals surface area contributed by atoms with Gasteiger partial charge in [0, 0.05) is 47.3 Å². The van der Waals surface area contributed by atoms with Crippen molar-refractivity contribution in [2.24, 2.45) is 5.92 Å². The van der Waals surface area contributed by atoms with Gasteiger partial charge >= 0.3 is 0 Å². The highest BCUT2D eigenvalue weighted by Crippen LogP contribution is 2.30. The Balaban J connectivity index is 1.23. The second-order valence-electron chi connectivity index (χ2n) is 8.11. The van der Waals surface area contributed by atoms with Gasteiger partial charge in [-0.15, -0.1) is 0 Å². The summed E-state index contributed by atoms with van der Waals surface area (Å²) in [6.07, 6.45) is 6.78. The molecule has 0 spiro atoms. The summed E-state index contributed by atoms with van der Waals surface area (Å²) in [5, 5.41) is 1.27. The third-order valence-electron chi connectivity index (χ3n) is 6.20. The number of aryl methyl sites for hydroxylation is 1. The van der Waals surface area contributed by atoms with Crippen molar-refractivity contribution in [2.75, 3.05) is 18.0 Å². The number of H-pyrrole nitrogens is 1. The van der Waals surface area contributed by atoms with Crippen LogP contribution in [-0.2, 0) is 6.42 Å². The van der Waals surface area contributed by atoms with Gasteiger partial charge in [-0.05, 0) is 73.6 Å². The van der Waals surface area contributed by atoms with Crippen molar-refractivity contribution in [1.29, 1.82) is 0 Å². The molecule has 0 radical (unpaired) electrons. The fraction of sp³-hybridized carbons (Fsp3) is 0.269. The summed E-state index contributed by atoms with van der Waals surface area (Å²) >= 11 is 0. The number of pyridine rings is 1. The zero-order valence-electron chi connectivity index (χ0n) is 16.7. The van der Waals surface area contributed by atoms with Gasteiger partial charge in [0.25, 0.3) is 0 Å². The Kier molecular flexibility index (Phi) is 5.04. The average Bonchev–Trinajstić information content (AvgIpc) is 3.23. The Hall–Kier alpha value is -3.07. The molecule has 4 aromatic rings. The van der Waals surface area contributed by atoms with Crippen LogP contribution in [0, 0.1) is 5.92 Å². The number of piperidine rings is 1. The number of nitrogens with one attached hydrogen (secondary N) is 1. The lowest BCUT2D eigenvalue weighted by molar-refractivity contribution is 0.381. The first-order chi connectivity index (χ1) is 14.3. The molecule has 146 valence electrons. The summed E-state index contributed by atoms with van der Waals surface area (Å²) in [6.45, 7) is 2.28. The van der Waals surface area contributed by atoms with E-state index in [1.54, 1.807) is 0 Å². The van der Waals surface area contributed by atoms with Gasteiger partial charge in [-0.2, -0.15) is 0 Å². The molecule has 0 atom stereocenters. The molecule has 1 fully saturated rings. The molecule has 2 aromatic heterocycles. The smallest absolute Gasteiger partial charge is 0.0465 e. The van der Waals surface area contributed by atoms with Gasteiger partial charge in [0.15, 0.2) is 0 Å². The minimum atomic E-state index is 0.810. The predicted molar refractivity (Wildman–Crippen MR) is 121 cm³/mol. The zero-order valence-corrected chi connectivity index (χ0v) is 16.7. The zero-order chi connectivity index (χ0) is 19.5. The van der Waals surface area contributed by atoms with Crippen molar-refractivity contribution in [3.05, 3.63) is 84.7 Å². The molecule has 0 saturated carbocycles. The maximum atomic E-state index is 4.47. The van der Waals surface area contributed by atoms with Crippen LogP contribution in [0.3, 0.4) is 0 Å². The molecule has 3 heteroatoms. The van der Waals surface area contributed by atoms with E-state index < -0.39 is 0 Å². The number of para-hydroxylation sites is 1. The van der Waals surface area contributed by atoms with Gasteiger partial charge in [-0.25, -0.2) is 0 Å². The van der Waals surface area contributed by atoms with Crippen LogP contribution in [0.4, 0.5) is 5.69 Å². The van der Waals surface area contributed by atoms with Gasteiger partial charge in [-0.1, -0.05) is 36.4 Å². The fourth-order valence-corrected chi connectivity index (χ4v) is 4.48. The summed E-state index contributed by atoms with van der Waals surface area (Å²) in [7, 11) is 0. The van der Waals surface area contributed by atoms with Gasteiger partial charge in [-0.3, -0.25) is 4.98 Å². The second-order valence-corrected chi connectivity index (χ2v) is 8.11. The normalized spacial score (nSPS) is 15.1. The summed E-state index contributed by atoms with van der Waals surface area (Å²) in [4.78, 5) is 10.6. The molecule has 1 saturated heterocycles. The van der Waals surface area contributed by atoms with Crippen LogP contribution in [0.5, 0.6) is 0 Å². The van der Waals surface area contributed by atoms with E-state index in [1.807, 2.05) is 12.3 Å². The highest BCUT2D eigenvalue weighted by Gasteiger charge is 2.20. The Morgan fingerprint density at radius 3 is 2.59 bits per heavy atom. The van der Waals surface area contributed by atoms with Crippen LogP contribution in [0.1, 0.15) is 25.0 Å². The third-order valence-corrected chi connectivity index (χ3v) is 6.20. The molecule has 1 aliphatic heterocycles. The monoisotopic (exact) mass is 381 g/mol. The summed E-state index contributed by atoms with van der Waals surface area (Å²) < 4.78 is 0. The van der Waals surface area contributed by atoms with Gasteiger partial charge < -0.3 is 9.88 Å². The standard InChI is InChI=1S/C26H27N3/c1-2-10-25-22(6-1)19-26(28-25)21-7-5-9-24(18-21)29-16-13-20(14-17-29)11-12-23-8-3-4-15-27-23/h1-10,15,18-20,28H,11-14,16-17H2. The van der Waals surface area contributed by atoms with Crippen LogP contribution >= 0.6 is 0 Å². The van der Waals surface area contributed by atoms with Crippen molar-refractivity contribution >= 4 is 16.6 Å². The lowest BCUT2D eigenvalue weighted by Gasteiger charge is -2.34. The number of aromatic amines is 1. The topological polar surface area (TPSA) is 31.9 Å². The maximum absolute atomic E-state index is 4.47. The summed E-state index contributed by atoms with van der Waals surface area (Å²) in [5.74, 6) is 0.810. The first-order valence-corrected chi connectivity index (χ1v) is 10.7. The van der Waals surface area contributed by atoms with E-state index in [9.17, 15) is 0 Å². The highest BCUT2D eigenvalue weighted by molar-refractivity contribution is 5.86. The third kappa shape index (κ3) is 4.04. The number of nitrogens with zero attached hydrogens (tertiary/aromatic N) is 2. The van der Waals surface area contributed by atoms with Crippen LogP contribution in [0.25, 0.3) is 22.2 Å². The van der Waals surface area contributed by atoms with Crippen LogP contribution in [0.2, 0.25) is 0 Å². The molecule has 3 nitrogen and oxygen atoms in total. The first-order valence-electron chi connectivity index (χ1n) is 10.7. The molecule has 3 heterocycles. The summed E-state index contributed by atoms with van der Waals surface area (Å²) in [5.41, 5.74) is 6.21. The highest BCUT2D eigenvalue weighted by atomic mass is 15.1. The van der Waals surface area contributed by atoms with E-state index in [2.05, 4.69) is 81.6 Å². The maximum Gasteiger partial charge on any atom is 0.0465 e. The number of benzene rings is 2. The summed E-state index contributed by atoms with van der Waals surface area (Å²) in [6, 6.07) is 25.9. The van der Waals surface area contributed by atoms with E-state index >= 15 is 0 Å². The van der Waals surface area contributed by atoms with E-state index in [4.69, 9.17) is 0 Å². The largest absolute Gasteiger partial charge is 0.371 e. The minimum Gasteiger partial charge on any atom is -0.371 e. The molecule has 0 bridgehead atoms. The Morgan fingerprint density at radius 2 is 1.76 bits per heavy atom. The van der Waals surface area contributed by atoms with E-state index in [-0.39, 0.29) is 0 Å². The van der Waals surface area contributed by atoms with E-state index in [0.717, 1.165) is 25.4 Å². The average molecular weight is 382 g/mol. The fourth-order valence-electron chi connectivity index (χ4n) is 4.48. The molecule has 1 aliphatic rings. The number of hydrogen-bond donors (Lipinski definition) is 1. The lowest BCUT2D eigenvalue weighted by Crippen LogP contribution is -2.33. The van der Waals surface area contributed by atoms with Crippen LogP contribution < -0.4 is 4.90 Å². The predicted octanol–water partition coefficient (Wildman–Crippen LogP) is 6.08. The van der Waals surface area contributed by atoms with E-state index in [1.165, 1.54) is 52.8 Å². The SMILES string of the molecule is c1ccc(CCC2CCN(c3cccc(-c4cc5ccccc5[nH]4)c3)CC2)nc1. The lowest BCUT2D eigenvalue weighted by atomic mass is 9.91. The van der Waals surface area contributed by atoms with Crippen molar-refractivity contribution < 1.29 is 0 Å². The molecule has 5 rings (SSSR count). The molecule has 2 aromatic carbocycles. The van der Waals surface area contributed by atoms with Crippen molar-refractivity contribution in [2.45, 2.75) is 25.7 Å². The van der Waals surface area contributed by atoms with Crippen molar-refractivity contribution in [3.63, 3.8) is 0 Å². The van der Waals surface area contributed by atoms with Gasteiger partial charge in [0.1, 0.15) is 0 Å². The number of anilines is 1. The Labute approximate surface area is 172 Å². The molecule has 0 amide bonds. The quantitative estimate of drug-likeness (QED) is 0.454. The Morgan fingerprint density at radius 1 is 0.897 bits per heavy atom. The number of fused-ring (bicyclic) bond motifs is 1. The van der Waals surface area contributed by atoms with Crippen LogP contribution in [0.15, 0.2) is 79.0 Å². The Bertz CT molecular complexity index is 1040. The van der Waals surface area contributed by atoms with Gasteiger partial charge in [0.05, 0.1) is 0 Å². The number of hydrogen-bond acceptors (Lipinski definition) is 2. The van der Waals surface area contributed by atoms with Crippen LogP contribution in [-0.4, -0.2) is 23.1 Å². The number of aromatic nitrogens is 2. The van der Waals surface area contributed by atoms with Crippen molar-refractivity contribution in [1.82, 2.24) is 9.97 Å².